The molecule has 2 aliphatic rings. The molecule has 1 nitrogen and oxygen atoms in total. The second-order valence-corrected chi connectivity index (χ2v) is 6.57. The lowest BCUT2D eigenvalue weighted by Gasteiger charge is -2.30. The van der Waals surface area contributed by atoms with Gasteiger partial charge in [-0.3, -0.25) is 4.79 Å². The zero-order valence-electron chi connectivity index (χ0n) is 12.1. The van der Waals surface area contributed by atoms with E-state index in [0.717, 1.165) is 12.3 Å². The summed E-state index contributed by atoms with van der Waals surface area (Å²) in [5.41, 5.74) is 0. The van der Waals surface area contributed by atoms with Crippen LogP contribution in [0.25, 0.3) is 0 Å². The van der Waals surface area contributed by atoms with E-state index in [1.54, 1.807) is 0 Å². The Labute approximate surface area is 113 Å². The minimum Gasteiger partial charge on any atom is -0.299 e. The summed E-state index contributed by atoms with van der Waals surface area (Å²) in [6.45, 7) is 2.29. The van der Waals surface area contributed by atoms with Crippen molar-refractivity contribution in [1.82, 2.24) is 0 Å². The van der Waals surface area contributed by atoms with E-state index in [1.165, 1.54) is 70.6 Å². The molecule has 2 fully saturated rings. The Morgan fingerprint density at radius 3 is 2.06 bits per heavy atom. The number of hydrogen-bond acceptors (Lipinski definition) is 1. The maximum Gasteiger partial charge on any atom is 0.136 e. The Hall–Kier alpha value is -0.330. The first-order valence-electron chi connectivity index (χ1n) is 8.34. The fourth-order valence-electron chi connectivity index (χ4n) is 4.10. The molecule has 1 unspecified atom stereocenters. The van der Waals surface area contributed by atoms with E-state index < -0.39 is 0 Å². The van der Waals surface area contributed by atoms with Crippen LogP contribution in [0.2, 0.25) is 0 Å². The normalized spacial score (nSPS) is 24.9. The highest BCUT2D eigenvalue weighted by molar-refractivity contribution is 5.81. The van der Waals surface area contributed by atoms with Crippen LogP contribution in [-0.2, 0) is 4.79 Å². The summed E-state index contributed by atoms with van der Waals surface area (Å²) in [6.07, 6.45) is 15.4. The molecule has 0 radical (unpaired) electrons. The van der Waals surface area contributed by atoms with Crippen molar-refractivity contribution in [2.75, 3.05) is 0 Å². The highest BCUT2D eigenvalue weighted by atomic mass is 16.1. The molecule has 0 saturated heterocycles. The van der Waals surface area contributed by atoms with Gasteiger partial charge in [0.1, 0.15) is 5.78 Å². The second-order valence-electron chi connectivity index (χ2n) is 6.57. The molecule has 2 aliphatic carbocycles. The number of rotatable bonds is 5. The van der Waals surface area contributed by atoms with Crippen LogP contribution in [0.3, 0.4) is 0 Å². The Balaban J connectivity index is 1.82. The predicted octanol–water partition coefficient (Wildman–Crippen LogP) is 5.13. The van der Waals surface area contributed by atoms with Crippen LogP contribution in [0.1, 0.15) is 84.0 Å². The standard InChI is InChI=1S/C17H30O/c1-2-14(15-9-5-3-6-10-15)13-17(18)16-11-7-4-8-12-16/h14-16H,2-13H2,1H3. The van der Waals surface area contributed by atoms with Gasteiger partial charge in [0.05, 0.1) is 0 Å². The van der Waals surface area contributed by atoms with Gasteiger partial charge in [0.2, 0.25) is 0 Å². The molecule has 1 heteroatoms. The summed E-state index contributed by atoms with van der Waals surface area (Å²) in [5.74, 6) is 2.58. The molecule has 1 atom stereocenters. The SMILES string of the molecule is CCC(CC(=O)C1CCCCC1)C1CCCCC1. The third-order valence-corrected chi connectivity index (χ3v) is 5.36. The lowest BCUT2D eigenvalue weighted by Crippen LogP contribution is -2.25. The average Bonchev–Trinajstić information content (AvgIpc) is 2.46. The van der Waals surface area contributed by atoms with Gasteiger partial charge < -0.3 is 0 Å². The lowest BCUT2D eigenvalue weighted by molar-refractivity contribution is -0.125. The fraction of sp³-hybridized carbons (Fsp3) is 0.941. The van der Waals surface area contributed by atoms with Crippen molar-refractivity contribution in [2.24, 2.45) is 17.8 Å². The number of Topliss-reactive ketones (excluding diaryl/α,β-unsaturated/α-hetero) is 1. The van der Waals surface area contributed by atoms with Gasteiger partial charge in [-0.05, 0) is 24.7 Å². The van der Waals surface area contributed by atoms with E-state index in [4.69, 9.17) is 0 Å². The first-order chi connectivity index (χ1) is 8.81. The van der Waals surface area contributed by atoms with E-state index in [-0.39, 0.29) is 0 Å². The maximum absolute atomic E-state index is 12.4. The van der Waals surface area contributed by atoms with E-state index in [0.29, 0.717) is 17.6 Å². The minimum atomic E-state index is 0.427. The van der Waals surface area contributed by atoms with Crippen molar-refractivity contribution < 1.29 is 4.79 Å². The molecular formula is C17H30O. The smallest absolute Gasteiger partial charge is 0.136 e. The monoisotopic (exact) mass is 250 g/mol. The number of hydrogen-bond donors (Lipinski definition) is 0. The second kappa shape index (κ2) is 7.31. The van der Waals surface area contributed by atoms with Crippen LogP contribution < -0.4 is 0 Å². The van der Waals surface area contributed by atoms with Gasteiger partial charge in [0.25, 0.3) is 0 Å². The zero-order chi connectivity index (χ0) is 12.8. The first-order valence-corrected chi connectivity index (χ1v) is 8.34. The Bertz CT molecular complexity index is 246. The molecule has 0 amide bonds. The molecule has 0 aromatic rings. The molecule has 0 heterocycles. The fourth-order valence-corrected chi connectivity index (χ4v) is 4.10. The van der Waals surface area contributed by atoms with Crippen molar-refractivity contribution >= 4 is 5.78 Å². The number of carbonyl (C=O) groups is 1. The average molecular weight is 250 g/mol. The topological polar surface area (TPSA) is 17.1 Å². The van der Waals surface area contributed by atoms with Crippen molar-refractivity contribution in [3.63, 3.8) is 0 Å². The van der Waals surface area contributed by atoms with Crippen LogP contribution in [0.15, 0.2) is 0 Å². The quantitative estimate of drug-likeness (QED) is 0.661. The maximum atomic E-state index is 12.4. The Morgan fingerprint density at radius 2 is 1.50 bits per heavy atom. The molecule has 0 aromatic heterocycles. The van der Waals surface area contributed by atoms with E-state index in [2.05, 4.69) is 6.92 Å². The predicted molar refractivity (Wildman–Crippen MR) is 76.6 cm³/mol. The summed E-state index contributed by atoms with van der Waals surface area (Å²) >= 11 is 0. The molecule has 2 saturated carbocycles. The summed E-state index contributed by atoms with van der Waals surface area (Å²) < 4.78 is 0. The molecule has 104 valence electrons. The number of carbonyl (C=O) groups excluding carboxylic acids is 1. The van der Waals surface area contributed by atoms with Crippen molar-refractivity contribution in [2.45, 2.75) is 84.0 Å². The van der Waals surface area contributed by atoms with Crippen molar-refractivity contribution in [3.05, 3.63) is 0 Å². The van der Waals surface area contributed by atoms with Gasteiger partial charge in [-0.25, -0.2) is 0 Å². The van der Waals surface area contributed by atoms with E-state index in [1.807, 2.05) is 0 Å². The molecule has 2 rings (SSSR count). The van der Waals surface area contributed by atoms with E-state index in [9.17, 15) is 4.79 Å². The van der Waals surface area contributed by atoms with Gasteiger partial charge >= 0.3 is 0 Å². The molecule has 0 aromatic carbocycles. The van der Waals surface area contributed by atoms with Gasteiger partial charge in [-0.2, -0.15) is 0 Å². The van der Waals surface area contributed by atoms with E-state index >= 15 is 0 Å². The lowest BCUT2D eigenvalue weighted by atomic mass is 9.74. The summed E-state index contributed by atoms with van der Waals surface area (Å²) in [4.78, 5) is 12.4. The summed E-state index contributed by atoms with van der Waals surface area (Å²) in [6, 6.07) is 0. The van der Waals surface area contributed by atoms with Crippen LogP contribution >= 0.6 is 0 Å². The van der Waals surface area contributed by atoms with Gasteiger partial charge in [-0.1, -0.05) is 64.7 Å². The molecule has 0 bridgehead atoms. The van der Waals surface area contributed by atoms with Crippen LogP contribution in [0, 0.1) is 17.8 Å². The number of ketones is 1. The summed E-state index contributed by atoms with van der Waals surface area (Å²) in [5, 5.41) is 0. The Morgan fingerprint density at radius 1 is 0.944 bits per heavy atom. The Kier molecular flexibility index (Phi) is 5.72. The highest BCUT2D eigenvalue weighted by Gasteiger charge is 2.28. The largest absolute Gasteiger partial charge is 0.299 e. The van der Waals surface area contributed by atoms with Crippen LogP contribution in [0.5, 0.6) is 0 Å². The van der Waals surface area contributed by atoms with Crippen molar-refractivity contribution in [1.29, 1.82) is 0 Å². The minimum absolute atomic E-state index is 0.427. The summed E-state index contributed by atoms with van der Waals surface area (Å²) in [7, 11) is 0. The van der Waals surface area contributed by atoms with Crippen LogP contribution in [-0.4, -0.2) is 5.78 Å². The third-order valence-electron chi connectivity index (χ3n) is 5.36. The molecular weight excluding hydrogens is 220 g/mol. The first kappa shape index (κ1) is 14.1. The molecule has 18 heavy (non-hydrogen) atoms. The van der Waals surface area contributed by atoms with Crippen LogP contribution in [0.4, 0.5) is 0 Å². The zero-order valence-corrected chi connectivity index (χ0v) is 12.1. The highest BCUT2D eigenvalue weighted by Crippen LogP contribution is 2.35. The van der Waals surface area contributed by atoms with Crippen molar-refractivity contribution in [3.8, 4) is 0 Å². The van der Waals surface area contributed by atoms with Gasteiger partial charge in [0, 0.05) is 12.3 Å². The van der Waals surface area contributed by atoms with Gasteiger partial charge in [0.15, 0.2) is 0 Å². The van der Waals surface area contributed by atoms with Gasteiger partial charge in [-0.15, -0.1) is 0 Å². The molecule has 0 spiro atoms. The molecule has 0 N–H and O–H groups in total. The molecule has 0 aliphatic heterocycles. The third kappa shape index (κ3) is 3.83.